The van der Waals surface area contributed by atoms with Crippen LogP contribution in [0.25, 0.3) is 0 Å². The van der Waals surface area contributed by atoms with Gasteiger partial charge in [0, 0.05) is 6.54 Å². The van der Waals surface area contributed by atoms with Gasteiger partial charge in [-0.3, -0.25) is 0 Å². The predicted molar refractivity (Wildman–Crippen MR) is 73.9 cm³/mol. The molecule has 2 nitrogen and oxygen atoms in total. The first kappa shape index (κ1) is 14.0. The number of rotatable bonds is 4. The zero-order valence-corrected chi connectivity index (χ0v) is 11.9. The van der Waals surface area contributed by atoms with Gasteiger partial charge in [-0.1, -0.05) is 38.5 Å². The van der Waals surface area contributed by atoms with E-state index in [1.165, 1.54) is 11.1 Å². The van der Waals surface area contributed by atoms with Gasteiger partial charge in [0.1, 0.15) is 11.9 Å². The van der Waals surface area contributed by atoms with Crippen LogP contribution >= 0.6 is 0 Å². The molecule has 1 aromatic carbocycles. The van der Waals surface area contributed by atoms with Crippen molar-refractivity contribution in [3.63, 3.8) is 0 Å². The SMILES string of the molecule is CNCC(C)Oc1ccc(C)cc1C(C)(C)C. The lowest BCUT2D eigenvalue weighted by atomic mass is 9.85. The third kappa shape index (κ3) is 4.04. The van der Waals surface area contributed by atoms with Crippen molar-refractivity contribution in [2.24, 2.45) is 0 Å². The fourth-order valence-corrected chi connectivity index (χ4v) is 1.88. The Kier molecular flexibility index (Phi) is 4.58. The second-order valence-corrected chi connectivity index (χ2v) is 5.74. The first-order valence-corrected chi connectivity index (χ1v) is 6.27. The van der Waals surface area contributed by atoms with Gasteiger partial charge in [0.15, 0.2) is 0 Å². The number of hydrogen-bond acceptors (Lipinski definition) is 2. The van der Waals surface area contributed by atoms with Gasteiger partial charge in [-0.15, -0.1) is 0 Å². The minimum absolute atomic E-state index is 0.112. The van der Waals surface area contributed by atoms with E-state index in [1.807, 2.05) is 7.05 Å². The van der Waals surface area contributed by atoms with Gasteiger partial charge in [-0.2, -0.15) is 0 Å². The predicted octanol–water partition coefficient (Wildman–Crippen LogP) is 3.28. The van der Waals surface area contributed by atoms with Gasteiger partial charge >= 0.3 is 0 Å². The Bertz CT molecular complexity index is 366. The lowest BCUT2D eigenvalue weighted by molar-refractivity contribution is 0.215. The molecule has 0 aromatic heterocycles. The standard InChI is InChI=1S/C15H25NO/c1-11-7-8-14(17-12(2)10-16-6)13(9-11)15(3,4)5/h7-9,12,16H,10H2,1-6H3. The molecular weight excluding hydrogens is 210 g/mol. The van der Waals surface area contributed by atoms with Gasteiger partial charge in [-0.25, -0.2) is 0 Å². The highest BCUT2D eigenvalue weighted by Gasteiger charge is 2.20. The monoisotopic (exact) mass is 235 g/mol. The molecule has 0 heterocycles. The highest BCUT2D eigenvalue weighted by atomic mass is 16.5. The van der Waals surface area contributed by atoms with Crippen LogP contribution in [0, 0.1) is 6.92 Å². The van der Waals surface area contributed by atoms with Gasteiger partial charge in [0.25, 0.3) is 0 Å². The van der Waals surface area contributed by atoms with E-state index in [2.05, 4.69) is 58.1 Å². The minimum Gasteiger partial charge on any atom is -0.489 e. The zero-order chi connectivity index (χ0) is 13.1. The second-order valence-electron chi connectivity index (χ2n) is 5.74. The molecule has 0 aliphatic carbocycles. The quantitative estimate of drug-likeness (QED) is 0.864. The Morgan fingerprint density at radius 1 is 1.29 bits per heavy atom. The topological polar surface area (TPSA) is 21.3 Å². The smallest absolute Gasteiger partial charge is 0.123 e. The summed E-state index contributed by atoms with van der Waals surface area (Å²) in [5, 5.41) is 3.13. The van der Waals surface area contributed by atoms with Crippen LogP contribution in [0.1, 0.15) is 38.8 Å². The highest BCUT2D eigenvalue weighted by molar-refractivity contribution is 5.41. The molecule has 0 spiro atoms. The molecule has 0 aliphatic heterocycles. The van der Waals surface area contributed by atoms with Crippen LogP contribution in [0.4, 0.5) is 0 Å². The Hall–Kier alpha value is -1.02. The molecular formula is C15H25NO. The van der Waals surface area contributed by atoms with Crippen molar-refractivity contribution in [2.45, 2.75) is 46.1 Å². The summed E-state index contributed by atoms with van der Waals surface area (Å²) < 4.78 is 6.00. The van der Waals surface area contributed by atoms with Gasteiger partial charge < -0.3 is 10.1 Å². The number of likely N-dealkylation sites (N-methyl/N-ethyl adjacent to an activating group) is 1. The van der Waals surface area contributed by atoms with Crippen LogP contribution < -0.4 is 10.1 Å². The Balaban J connectivity index is 2.99. The van der Waals surface area contributed by atoms with Gasteiger partial charge in [0.05, 0.1) is 0 Å². The Morgan fingerprint density at radius 3 is 2.47 bits per heavy atom. The number of nitrogens with one attached hydrogen (secondary N) is 1. The van der Waals surface area contributed by atoms with Crippen LogP contribution in [-0.4, -0.2) is 19.7 Å². The largest absolute Gasteiger partial charge is 0.489 e. The molecule has 0 bridgehead atoms. The first-order chi connectivity index (χ1) is 7.84. The van der Waals surface area contributed by atoms with Crippen LogP contribution in [0.5, 0.6) is 5.75 Å². The average molecular weight is 235 g/mol. The summed E-state index contributed by atoms with van der Waals surface area (Å²) in [5.74, 6) is 1.01. The molecule has 0 aliphatic rings. The summed E-state index contributed by atoms with van der Waals surface area (Å²) >= 11 is 0. The molecule has 1 aromatic rings. The zero-order valence-electron chi connectivity index (χ0n) is 11.9. The summed E-state index contributed by atoms with van der Waals surface area (Å²) in [6, 6.07) is 6.42. The van der Waals surface area contributed by atoms with Gasteiger partial charge in [-0.05, 0) is 37.9 Å². The van der Waals surface area contributed by atoms with E-state index >= 15 is 0 Å². The lowest BCUT2D eigenvalue weighted by Gasteiger charge is -2.25. The van der Waals surface area contributed by atoms with E-state index in [4.69, 9.17) is 4.74 Å². The molecule has 0 amide bonds. The van der Waals surface area contributed by atoms with E-state index in [-0.39, 0.29) is 11.5 Å². The molecule has 0 saturated heterocycles. The van der Waals surface area contributed by atoms with Crippen molar-refractivity contribution in [2.75, 3.05) is 13.6 Å². The van der Waals surface area contributed by atoms with Gasteiger partial charge in [0.2, 0.25) is 0 Å². The average Bonchev–Trinajstić information content (AvgIpc) is 2.19. The third-order valence-corrected chi connectivity index (χ3v) is 2.76. The molecule has 0 radical (unpaired) electrons. The number of hydrogen-bond donors (Lipinski definition) is 1. The number of benzene rings is 1. The molecule has 1 unspecified atom stereocenters. The number of ether oxygens (including phenoxy) is 1. The van der Waals surface area contributed by atoms with E-state index in [0.717, 1.165) is 12.3 Å². The molecule has 0 saturated carbocycles. The lowest BCUT2D eigenvalue weighted by Crippen LogP contribution is -2.27. The van der Waals surface area contributed by atoms with E-state index < -0.39 is 0 Å². The van der Waals surface area contributed by atoms with Crippen molar-refractivity contribution in [1.29, 1.82) is 0 Å². The van der Waals surface area contributed by atoms with Crippen LogP contribution in [0.3, 0.4) is 0 Å². The maximum absolute atomic E-state index is 6.00. The summed E-state index contributed by atoms with van der Waals surface area (Å²) in [4.78, 5) is 0. The molecule has 0 fully saturated rings. The fourth-order valence-electron chi connectivity index (χ4n) is 1.88. The van der Waals surface area contributed by atoms with Crippen LogP contribution in [0.2, 0.25) is 0 Å². The van der Waals surface area contributed by atoms with Crippen molar-refractivity contribution in [3.05, 3.63) is 29.3 Å². The third-order valence-electron chi connectivity index (χ3n) is 2.76. The maximum atomic E-state index is 6.00. The summed E-state index contributed by atoms with van der Waals surface area (Å²) in [6.07, 6.45) is 0.184. The first-order valence-electron chi connectivity index (χ1n) is 6.27. The molecule has 1 N–H and O–H groups in total. The summed E-state index contributed by atoms with van der Waals surface area (Å²) in [6.45, 7) is 11.7. The van der Waals surface area contributed by atoms with Crippen LogP contribution in [0.15, 0.2) is 18.2 Å². The second kappa shape index (κ2) is 5.54. The molecule has 96 valence electrons. The van der Waals surface area contributed by atoms with Crippen molar-refractivity contribution in [3.8, 4) is 5.75 Å². The normalized spacial score (nSPS) is 13.5. The van der Waals surface area contributed by atoms with Crippen molar-refractivity contribution < 1.29 is 4.74 Å². The fraction of sp³-hybridized carbons (Fsp3) is 0.600. The van der Waals surface area contributed by atoms with Crippen molar-refractivity contribution in [1.82, 2.24) is 5.32 Å². The maximum Gasteiger partial charge on any atom is 0.123 e. The summed E-state index contributed by atoms with van der Waals surface area (Å²) in [5.41, 5.74) is 2.67. The number of aryl methyl sites for hydroxylation is 1. The molecule has 1 atom stereocenters. The highest BCUT2D eigenvalue weighted by Crippen LogP contribution is 2.32. The van der Waals surface area contributed by atoms with Crippen molar-refractivity contribution >= 4 is 0 Å². The molecule has 2 heteroatoms. The van der Waals surface area contributed by atoms with E-state index in [1.54, 1.807) is 0 Å². The summed E-state index contributed by atoms with van der Waals surface area (Å²) in [7, 11) is 1.94. The minimum atomic E-state index is 0.112. The molecule has 17 heavy (non-hydrogen) atoms. The van der Waals surface area contributed by atoms with Crippen LogP contribution in [-0.2, 0) is 5.41 Å². The Morgan fingerprint density at radius 2 is 1.94 bits per heavy atom. The molecule has 1 rings (SSSR count). The van der Waals surface area contributed by atoms with E-state index in [0.29, 0.717) is 0 Å². The van der Waals surface area contributed by atoms with E-state index in [9.17, 15) is 0 Å². The Labute approximate surface area is 105 Å².